The van der Waals surface area contributed by atoms with E-state index in [1.54, 1.807) is 7.11 Å². The fraction of sp³-hybridized carbons (Fsp3) is 0.533. The van der Waals surface area contributed by atoms with Crippen molar-refractivity contribution >= 4 is 11.0 Å². The number of benzene rings is 1. The Bertz CT molecular complexity index is 582. The second kappa shape index (κ2) is 4.85. The van der Waals surface area contributed by atoms with Crippen LogP contribution in [-0.2, 0) is 0 Å². The van der Waals surface area contributed by atoms with Gasteiger partial charge in [-0.25, -0.2) is 4.98 Å². The first kappa shape index (κ1) is 12.5. The van der Waals surface area contributed by atoms with Gasteiger partial charge in [-0.1, -0.05) is 0 Å². The Kier molecular flexibility index (Phi) is 3.19. The Morgan fingerprint density at radius 1 is 1.42 bits per heavy atom. The minimum atomic E-state index is 0.390. The van der Waals surface area contributed by atoms with E-state index in [2.05, 4.69) is 29.8 Å². The molecule has 0 saturated carbocycles. The van der Waals surface area contributed by atoms with Crippen LogP contribution in [-0.4, -0.2) is 23.2 Å². The molecule has 0 bridgehead atoms. The fourth-order valence-electron chi connectivity index (χ4n) is 2.92. The van der Waals surface area contributed by atoms with Gasteiger partial charge in [0.15, 0.2) is 0 Å². The van der Waals surface area contributed by atoms with Crippen LogP contribution in [0.4, 0.5) is 0 Å². The predicted octanol–water partition coefficient (Wildman–Crippen LogP) is 3.05. The molecule has 1 aliphatic heterocycles. The van der Waals surface area contributed by atoms with E-state index >= 15 is 0 Å². The van der Waals surface area contributed by atoms with Gasteiger partial charge in [0.1, 0.15) is 11.6 Å². The second-order valence-corrected chi connectivity index (χ2v) is 5.44. The number of nitrogens with one attached hydrogen (secondary N) is 1. The molecule has 4 nitrogen and oxygen atoms in total. The summed E-state index contributed by atoms with van der Waals surface area (Å²) in [7, 11) is 1.69. The second-order valence-electron chi connectivity index (χ2n) is 5.44. The SMILES string of the molecule is COc1ccc2c(c1)nc(C1CCCN1)n2C(C)C. The maximum Gasteiger partial charge on any atom is 0.127 e. The highest BCUT2D eigenvalue weighted by Crippen LogP contribution is 2.30. The van der Waals surface area contributed by atoms with Crippen LogP contribution in [0.25, 0.3) is 11.0 Å². The molecule has 1 unspecified atom stereocenters. The quantitative estimate of drug-likeness (QED) is 0.920. The van der Waals surface area contributed by atoms with Crippen LogP contribution in [0.1, 0.15) is 44.6 Å². The Balaban J connectivity index is 2.16. The zero-order valence-electron chi connectivity index (χ0n) is 11.8. The number of nitrogens with zero attached hydrogens (tertiary/aromatic N) is 2. The number of methoxy groups -OCH3 is 1. The van der Waals surface area contributed by atoms with E-state index in [1.807, 2.05) is 12.1 Å². The normalized spacial score (nSPS) is 19.5. The average Bonchev–Trinajstić information content (AvgIpc) is 3.04. The summed E-state index contributed by atoms with van der Waals surface area (Å²) >= 11 is 0. The Hall–Kier alpha value is -1.55. The molecule has 4 heteroatoms. The van der Waals surface area contributed by atoms with Crippen LogP contribution >= 0.6 is 0 Å². The first-order valence-corrected chi connectivity index (χ1v) is 7.00. The van der Waals surface area contributed by atoms with Crippen LogP contribution in [0, 0.1) is 0 Å². The first-order valence-electron chi connectivity index (χ1n) is 7.00. The molecule has 0 radical (unpaired) electrons. The molecule has 2 heterocycles. The van der Waals surface area contributed by atoms with Gasteiger partial charge >= 0.3 is 0 Å². The number of aromatic nitrogens is 2. The number of hydrogen-bond acceptors (Lipinski definition) is 3. The summed E-state index contributed by atoms with van der Waals surface area (Å²) in [6.07, 6.45) is 2.41. The van der Waals surface area contributed by atoms with E-state index in [0.717, 1.165) is 23.6 Å². The Labute approximate surface area is 113 Å². The monoisotopic (exact) mass is 259 g/mol. The molecule has 0 amide bonds. The molecule has 102 valence electrons. The van der Waals surface area contributed by atoms with E-state index in [9.17, 15) is 0 Å². The molecule has 0 aliphatic carbocycles. The van der Waals surface area contributed by atoms with Crippen LogP contribution < -0.4 is 10.1 Å². The van der Waals surface area contributed by atoms with Gasteiger partial charge in [-0.2, -0.15) is 0 Å². The lowest BCUT2D eigenvalue weighted by Crippen LogP contribution is -2.19. The molecule has 2 aromatic rings. The Morgan fingerprint density at radius 3 is 2.89 bits per heavy atom. The molecule has 0 spiro atoms. The van der Waals surface area contributed by atoms with Crippen molar-refractivity contribution < 1.29 is 4.74 Å². The van der Waals surface area contributed by atoms with Crippen molar-refractivity contribution in [3.8, 4) is 5.75 Å². The largest absolute Gasteiger partial charge is 0.497 e. The number of ether oxygens (including phenoxy) is 1. The van der Waals surface area contributed by atoms with Crippen molar-refractivity contribution in [2.45, 2.75) is 38.8 Å². The van der Waals surface area contributed by atoms with Crippen LogP contribution in [0.3, 0.4) is 0 Å². The van der Waals surface area contributed by atoms with Gasteiger partial charge in [0.2, 0.25) is 0 Å². The lowest BCUT2D eigenvalue weighted by Gasteiger charge is -2.17. The van der Waals surface area contributed by atoms with Gasteiger partial charge in [-0.05, 0) is 45.4 Å². The molecule has 3 rings (SSSR count). The molecule has 1 fully saturated rings. The smallest absolute Gasteiger partial charge is 0.127 e. The third-order valence-electron chi connectivity index (χ3n) is 3.81. The van der Waals surface area contributed by atoms with Crippen LogP contribution in [0.5, 0.6) is 5.75 Å². The maximum absolute atomic E-state index is 5.29. The summed E-state index contributed by atoms with van der Waals surface area (Å²) in [5.41, 5.74) is 2.22. The Morgan fingerprint density at radius 2 is 2.26 bits per heavy atom. The van der Waals surface area contributed by atoms with E-state index in [-0.39, 0.29) is 0 Å². The summed E-state index contributed by atoms with van der Waals surface area (Å²) in [5.74, 6) is 2.03. The lowest BCUT2D eigenvalue weighted by molar-refractivity contribution is 0.415. The maximum atomic E-state index is 5.29. The third kappa shape index (κ3) is 2.10. The van der Waals surface area contributed by atoms with E-state index < -0.39 is 0 Å². The molecule has 19 heavy (non-hydrogen) atoms. The summed E-state index contributed by atoms with van der Waals surface area (Å²) in [4.78, 5) is 4.85. The summed E-state index contributed by atoms with van der Waals surface area (Å²) in [6, 6.07) is 6.94. The van der Waals surface area contributed by atoms with Crippen molar-refractivity contribution in [2.75, 3.05) is 13.7 Å². The molecule has 1 aromatic carbocycles. The molecular weight excluding hydrogens is 238 g/mol. The van der Waals surface area contributed by atoms with Crippen molar-refractivity contribution in [3.63, 3.8) is 0 Å². The van der Waals surface area contributed by atoms with Gasteiger partial charge in [0.25, 0.3) is 0 Å². The van der Waals surface area contributed by atoms with Gasteiger partial charge < -0.3 is 14.6 Å². The van der Waals surface area contributed by atoms with Crippen molar-refractivity contribution in [2.24, 2.45) is 0 Å². The molecular formula is C15H21N3O. The van der Waals surface area contributed by atoms with Gasteiger partial charge in [-0.3, -0.25) is 0 Å². The van der Waals surface area contributed by atoms with E-state index in [4.69, 9.17) is 9.72 Å². The van der Waals surface area contributed by atoms with Gasteiger partial charge in [0.05, 0.1) is 24.2 Å². The number of rotatable bonds is 3. The molecule has 1 saturated heterocycles. The lowest BCUT2D eigenvalue weighted by atomic mass is 10.2. The van der Waals surface area contributed by atoms with Gasteiger partial charge in [0, 0.05) is 12.1 Å². The number of imidazole rings is 1. The van der Waals surface area contributed by atoms with Crippen molar-refractivity contribution in [3.05, 3.63) is 24.0 Å². The minimum absolute atomic E-state index is 0.390. The van der Waals surface area contributed by atoms with Crippen molar-refractivity contribution in [1.29, 1.82) is 0 Å². The zero-order valence-corrected chi connectivity index (χ0v) is 11.8. The zero-order chi connectivity index (χ0) is 13.4. The highest BCUT2D eigenvalue weighted by Gasteiger charge is 2.24. The average molecular weight is 259 g/mol. The number of fused-ring (bicyclic) bond motifs is 1. The first-order chi connectivity index (χ1) is 9.20. The third-order valence-corrected chi connectivity index (χ3v) is 3.81. The highest BCUT2D eigenvalue weighted by molar-refractivity contribution is 5.78. The summed E-state index contributed by atoms with van der Waals surface area (Å²) in [6.45, 7) is 5.52. The predicted molar refractivity (Wildman–Crippen MR) is 76.6 cm³/mol. The summed E-state index contributed by atoms with van der Waals surface area (Å²) < 4.78 is 7.64. The summed E-state index contributed by atoms with van der Waals surface area (Å²) in [5, 5.41) is 3.54. The van der Waals surface area contributed by atoms with E-state index in [1.165, 1.54) is 18.4 Å². The molecule has 1 aliphatic rings. The molecule has 1 aromatic heterocycles. The van der Waals surface area contributed by atoms with Crippen LogP contribution in [0.15, 0.2) is 18.2 Å². The molecule has 1 atom stereocenters. The van der Waals surface area contributed by atoms with Gasteiger partial charge in [-0.15, -0.1) is 0 Å². The highest BCUT2D eigenvalue weighted by atomic mass is 16.5. The minimum Gasteiger partial charge on any atom is -0.497 e. The number of hydrogen-bond donors (Lipinski definition) is 1. The standard InChI is InChI=1S/C15H21N3O/c1-10(2)18-14-7-6-11(19-3)9-13(14)17-15(18)12-5-4-8-16-12/h6-7,9-10,12,16H,4-5,8H2,1-3H3. The fourth-order valence-corrected chi connectivity index (χ4v) is 2.92. The van der Waals surface area contributed by atoms with E-state index in [0.29, 0.717) is 12.1 Å². The van der Waals surface area contributed by atoms with Crippen LogP contribution in [0.2, 0.25) is 0 Å². The molecule has 1 N–H and O–H groups in total. The topological polar surface area (TPSA) is 39.1 Å². The van der Waals surface area contributed by atoms with Crippen molar-refractivity contribution in [1.82, 2.24) is 14.9 Å².